The number of benzene rings is 2. The molecule has 0 unspecified atom stereocenters. The summed E-state index contributed by atoms with van der Waals surface area (Å²) in [7, 11) is 3.22. The Morgan fingerprint density at radius 3 is 1.48 bits per heavy atom. The van der Waals surface area contributed by atoms with Crippen molar-refractivity contribution in [1.29, 1.82) is 0 Å². The molecule has 2 heterocycles. The molecule has 2 aliphatic rings. The van der Waals surface area contributed by atoms with E-state index in [0.717, 1.165) is 125 Å². The first-order chi connectivity index (χ1) is 26.4. The van der Waals surface area contributed by atoms with E-state index < -0.39 is 0 Å². The van der Waals surface area contributed by atoms with Crippen LogP contribution in [0.3, 0.4) is 0 Å². The van der Waals surface area contributed by atoms with Gasteiger partial charge in [0, 0.05) is 39.3 Å². The van der Waals surface area contributed by atoms with Gasteiger partial charge in [-0.25, -0.2) is 0 Å². The van der Waals surface area contributed by atoms with Crippen LogP contribution in [0.15, 0.2) is 43.4 Å². The number of hydrazone groups is 2. The molecule has 2 aliphatic heterocycles. The first kappa shape index (κ1) is 43.9. The Kier molecular flexibility index (Phi) is 20.6. The standard InChI is InChI=1S/C36H52Br2N8O6S2/c1-47-31-23-27(25-41-43-35(53)39-7-5-9-45-11-17-49-18-12-45)21-29(37)33(31)51-15-3-4-16-52-34-30(38)22-28(24-32(34)48-2)26-42-44-36(54)40-8-6-10-46-13-19-50-20-14-46/h21-26H,3-20H2,1-2H3,(H2,39,43,53)(H2,40,44,54). The van der Waals surface area contributed by atoms with E-state index in [1.54, 1.807) is 26.6 Å². The molecule has 0 amide bonds. The number of rotatable bonds is 21. The van der Waals surface area contributed by atoms with Gasteiger partial charge in [0.2, 0.25) is 0 Å². The molecule has 2 saturated heterocycles. The molecule has 0 aliphatic carbocycles. The maximum Gasteiger partial charge on any atom is 0.186 e. The summed E-state index contributed by atoms with van der Waals surface area (Å²) in [6, 6.07) is 7.56. The molecule has 2 aromatic rings. The zero-order valence-corrected chi connectivity index (χ0v) is 35.8. The minimum atomic E-state index is 0.476. The molecule has 298 valence electrons. The lowest BCUT2D eigenvalue weighted by atomic mass is 10.2. The third kappa shape index (κ3) is 16.1. The molecule has 0 bridgehead atoms. The summed E-state index contributed by atoms with van der Waals surface area (Å²) in [5, 5.41) is 15.9. The van der Waals surface area contributed by atoms with Crippen LogP contribution in [0, 0.1) is 0 Å². The fourth-order valence-electron chi connectivity index (χ4n) is 5.53. The van der Waals surface area contributed by atoms with Gasteiger partial charge in [0.25, 0.3) is 0 Å². The van der Waals surface area contributed by atoms with Crippen molar-refractivity contribution in [2.75, 3.05) is 106 Å². The van der Waals surface area contributed by atoms with Crippen molar-refractivity contribution in [3.8, 4) is 23.0 Å². The Morgan fingerprint density at radius 1 is 0.685 bits per heavy atom. The van der Waals surface area contributed by atoms with Crippen molar-refractivity contribution in [1.82, 2.24) is 31.3 Å². The average molecular weight is 917 g/mol. The highest BCUT2D eigenvalue weighted by molar-refractivity contribution is 9.11. The zero-order valence-electron chi connectivity index (χ0n) is 31.0. The number of hydrogen-bond donors (Lipinski definition) is 4. The van der Waals surface area contributed by atoms with Crippen molar-refractivity contribution in [3.05, 3.63) is 44.3 Å². The lowest BCUT2D eigenvalue weighted by Gasteiger charge is -2.26. The van der Waals surface area contributed by atoms with Gasteiger partial charge < -0.3 is 39.1 Å². The van der Waals surface area contributed by atoms with E-state index >= 15 is 0 Å². The quantitative estimate of drug-likeness (QED) is 0.0606. The van der Waals surface area contributed by atoms with Crippen molar-refractivity contribution < 1.29 is 28.4 Å². The highest BCUT2D eigenvalue weighted by Crippen LogP contribution is 2.37. The number of unbranched alkanes of at least 4 members (excludes halogenated alkanes) is 1. The Hall–Kier alpha value is -2.84. The highest BCUT2D eigenvalue weighted by atomic mass is 79.9. The van der Waals surface area contributed by atoms with Gasteiger partial charge in [0.15, 0.2) is 33.2 Å². The van der Waals surface area contributed by atoms with E-state index in [1.165, 1.54) is 0 Å². The van der Waals surface area contributed by atoms with Crippen molar-refractivity contribution >= 4 is 78.9 Å². The van der Waals surface area contributed by atoms with E-state index in [4.69, 9.17) is 52.9 Å². The maximum atomic E-state index is 6.10. The minimum absolute atomic E-state index is 0.476. The summed E-state index contributed by atoms with van der Waals surface area (Å²) >= 11 is 17.9. The Bertz CT molecular complexity index is 1420. The summed E-state index contributed by atoms with van der Waals surface area (Å²) in [5.74, 6) is 2.43. The Balaban J connectivity index is 1.13. The molecule has 0 atom stereocenters. The molecule has 0 aromatic heterocycles. The molecule has 4 N–H and O–H groups in total. The lowest BCUT2D eigenvalue weighted by molar-refractivity contribution is 0.0375. The van der Waals surface area contributed by atoms with Crippen LogP contribution in [0.25, 0.3) is 0 Å². The van der Waals surface area contributed by atoms with Gasteiger partial charge in [0.1, 0.15) is 0 Å². The Morgan fingerprint density at radius 2 is 1.09 bits per heavy atom. The monoisotopic (exact) mass is 914 g/mol. The summed E-state index contributed by atoms with van der Waals surface area (Å²) in [4.78, 5) is 4.79. The molecule has 0 spiro atoms. The number of halogens is 2. The van der Waals surface area contributed by atoms with Crippen LogP contribution in [-0.4, -0.2) is 139 Å². The van der Waals surface area contributed by atoms with Crippen LogP contribution >= 0.6 is 56.3 Å². The third-order valence-electron chi connectivity index (χ3n) is 8.38. The molecule has 4 rings (SSSR count). The largest absolute Gasteiger partial charge is 0.493 e. The van der Waals surface area contributed by atoms with Gasteiger partial charge in [-0.15, -0.1) is 0 Å². The predicted molar refractivity (Wildman–Crippen MR) is 228 cm³/mol. The first-order valence-corrected chi connectivity index (χ1v) is 20.5. The van der Waals surface area contributed by atoms with Crippen LogP contribution in [0.1, 0.15) is 36.8 Å². The summed E-state index contributed by atoms with van der Waals surface area (Å²) in [6.45, 7) is 11.7. The number of ether oxygens (including phenoxy) is 6. The minimum Gasteiger partial charge on any atom is -0.493 e. The van der Waals surface area contributed by atoms with Gasteiger partial charge in [-0.05, 0) is 130 Å². The topological polar surface area (TPSA) is 135 Å². The van der Waals surface area contributed by atoms with Gasteiger partial charge in [-0.3, -0.25) is 20.7 Å². The normalized spacial score (nSPS) is 15.3. The molecule has 54 heavy (non-hydrogen) atoms. The van der Waals surface area contributed by atoms with Gasteiger partial charge >= 0.3 is 0 Å². The van der Waals surface area contributed by atoms with Crippen molar-refractivity contribution in [3.63, 3.8) is 0 Å². The SMILES string of the molecule is COc1cc(C=NNC(=S)NCCCN2CCOCC2)cc(Br)c1OCCCCOc1c(Br)cc(C=NNC(=S)NCCCN2CCOCC2)cc1OC. The Labute approximate surface area is 346 Å². The smallest absolute Gasteiger partial charge is 0.186 e. The molecule has 14 nitrogen and oxygen atoms in total. The first-order valence-electron chi connectivity index (χ1n) is 18.1. The number of thiocarbonyl (C=S) groups is 2. The van der Waals surface area contributed by atoms with Crippen molar-refractivity contribution in [2.24, 2.45) is 10.2 Å². The molecule has 18 heteroatoms. The van der Waals surface area contributed by atoms with Crippen LogP contribution in [0.2, 0.25) is 0 Å². The number of hydrogen-bond acceptors (Lipinski definition) is 12. The fourth-order valence-corrected chi connectivity index (χ4v) is 6.99. The molecule has 0 radical (unpaired) electrons. The van der Waals surface area contributed by atoms with E-state index in [0.29, 0.717) is 46.4 Å². The number of nitrogens with zero attached hydrogens (tertiary/aromatic N) is 4. The second kappa shape index (κ2) is 25.3. The molecule has 0 saturated carbocycles. The van der Waals surface area contributed by atoms with Crippen LogP contribution in [0.4, 0.5) is 0 Å². The van der Waals surface area contributed by atoms with E-state index in [-0.39, 0.29) is 0 Å². The van der Waals surface area contributed by atoms with Gasteiger partial charge in [-0.2, -0.15) is 10.2 Å². The van der Waals surface area contributed by atoms with Gasteiger partial charge in [0.05, 0.1) is 75.2 Å². The van der Waals surface area contributed by atoms with E-state index in [2.05, 4.69) is 73.3 Å². The maximum absolute atomic E-state index is 6.10. The molecule has 2 fully saturated rings. The summed E-state index contributed by atoms with van der Waals surface area (Å²) in [5.41, 5.74) is 7.39. The molecule has 2 aromatic carbocycles. The highest BCUT2D eigenvalue weighted by Gasteiger charge is 2.14. The number of methoxy groups -OCH3 is 2. The van der Waals surface area contributed by atoms with Crippen LogP contribution < -0.4 is 40.4 Å². The number of morpholine rings is 2. The van der Waals surface area contributed by atoms with E-state index in [9.17, 15) is 0 Å². The van der Waals surface area contributed by atoms with Gasteiger partial charge in [-0.1, -0.05) is 0 Å². The summed E-state index contributed by atoms with van der Waals surface area (Å²) in [6.07, 6.45) is 6.87. The number of nitrogens with one attached hydrogen (secondary N) is 4. The zero-order chi connectivity index (χ0) is 38.4. The lowest BCUT2D eigenvalue weighted by Crippen LogP contribution is -2.39. The molecular weight excluding hydrogens is 864 g/mol. The fraction of sp³-hybridized carbons (Fsp3) is 0.556. The van der Waals surface area contributed by atoms with Crippen LogP contribution in [0.5, 0.6) is 23.0 Å². The molecular formula is C36H52Br2N8O6S2. The predicted octanol–water partition coefficient (Wildman–Crippen LogP) is 4.51. The second-order valence-corrected chi connectivity index (χ2v) is 14.9. The van der Waals surface area contributed by atoms with Crippen LogP contribution in [-0.2, 0) is 9.47 Å². The summed E-state index contributed by atoms with van der Waals surface area (Å²) < 4.78 is 35.7. The van der Waals surface area contributed by atoms with E-state index in [1.807, 2.05) is 24.3 Å². The second-order valence-electron chi connectivity index (χ2n) is 12.3. The van der Waals surface area contributed by atoms with Crippen molar-refractivity contribution in [2.45, 2.75) is 25.7 Å². The average Bonchev–Trinajstić information content (AvgIpc) is 3.18. The third-order valence-corrected chi connectivity index (χ3v) is 10.0.